The smallest absolute Gasteiger partial charge is 0.0754 e. The summed E-state index contributed by atoms with van der Waals surface area (Å²) in [5.41, 5.74) is 20.4. The lowest BCUT2D eigenvalue weighted by Crippen LogP contribution is -2.33. The quantitative estimate of drug-likeness (QED) is 0.178. The number of nitrogens with zero attached hydrogens (tertiary/aromatic N) is 2. The van der Waals surface area contributed by atoms with Crippen molar-refractivity contribution in [3.05, 3.63) is 222 Å². The van der Waals surface area contributed by atoms with Crippen molar-refractivity contribution in [2.75, 3.05) is 0 Å². The maximum Gasteiger partial charge on any atom is 0.0754 e. The number of benzene rings is 7. The molecule has 56 heavy (non-hydrogen) atoms. The molecular weight excluding hydrogens is 677 g/mol. The zero-order valence-electron chi connectivity index (χ0n) is 30.8. The lowest BCUT2D eigenvalue weighted by Gasteiger charge is -2.40. The fraction of sp³-hybridized carbons (Fsp3) is 0.0556. The lowest BCUT2D eigenvalue weighted by molar-refractivity contribution is 0.749. The Balaban J connectivity index is 1.06. The fourth-order valence-corrected chi connectivity index (χ4v) is 10.0. The van der Waals surface area contributed by atoms with Gasteiger partial charge < -0.3 is 4.57 Å². The van der Waals surface area contributed by atoms with Crippen LogP contribution in [0.25, 0.3) is 77.7 Å². The molecule has 2 aromatic heterocycles. The zero-order chi connectivity index (χ0) is 36.8. The third kappa shape index (κ3) is 4.36. The van der Waals surface area contributed by atoms with E-state index < -0.39 is 5.41 Å². The molecule has 0 amide bonds. The van der Waals surface area contributed by atoms with Gasteiger partial charge in [0.05, 0.1) is 33.5 Å². The molecule has 1 spiro atoms. The van der Waals surface area contributed by atoms with Gasteiger partial charge in [0.25, 0.3) is 0 Å². The molecule has 0 fully saturated rings. The number of para-hydroxylation sites is 2. The molecular formula is C54H36N2. The van der Waals surface area contributed by atoms with E-state index in [0.29, 0.717) is 0 Å². The van der Waals surface area contributed by atoms with E-state index in [0.717, 1.165) is 29.8 Å². The molecule has 1 aliphatic heterocycles. The van der Waals surface area contributed by atoms with E-state index in [4.69, 9.17) is 4.98 Å². The van der Waals surface area contributed by atoms with Gasteiger partial charge in [-0.25, -0.2) is 4.98 Å². The van der Waals surface area contributed by atoms with Crippen LogP contribution in [0, 0.1) is 0 Å². The van der Waals surface area contributed by atoms with E-state index in [2.05, 4.69) is 199 Å². The van der Waals surface area contributed by atoms with Gasteiger partial charge in [-0.2, -0.15) is 0 Å². The minimum absolute atomic E-state index is 0.466. The predicted octanol–water partition coefficient (Wildman–Crippen LogP) is 13.6. The molecule has 262 valence electrons. The highest BCUT2D eigenvalue weighted by Crippen LogP contribution is 2.61. The second-order valence-electron chi connectivity index (χ2n) is 15.3. The number of aromatic nitrogens is 2. The standard InChI is InChI=1S/C54H36N2/c1-3-14-37(15-4-1)49-33-40(34-50(55-49)38-16-5-2-6-17-38)36-28-26-35(27-29-36)39-30-31-52-48(32-39)54(45-22-10-7-18-41(45)42-19-8-11-23-46(42)54)47-24-13-21-44-43-20-9-12-25-51(43)56(52)53(44)47/h1,3-5,7-34H,2,6H2. The molecule has 3 heterocycles. The summed E-state index contributed by atoms with van der Waals surface area (Å²) in [6.07, 6.45) is 8.92. The predicted molar refractivity (Wildman–Crippen MR) is 232 cm³/mol. The largest absolute Gasteiger partial charge is 0.309 e. The highest BCUT2D eigenvalue weighted by Gasteiger charge is 2.50. The summed E-state index contributed by atoms with van der Waals surface area (Å²) in [6.45, 7) is 0. The summed E-state index contributed by atoms with van der Waals surface area (Å²) in [7, 11) is 0. The third-order valence-electron chi connectivity index (χ3n) is 12.4. The van der Waals surface area contributed by atoms with Crippen LogP contribution in [0.5, 0.6) is 0 Å². The van der Waals surface area contributed by atoms with Crippen LogP contribution in [0.3, 0.4) is 0 Å². The monoisotopic (exact) mass is 712 g/mol. The molecule has 0 saturated carbocycles. The number of hydrogen-bond donors (Lipinski definition) is 0. The Bertz CT molecular complexity index is 3080. The van der Waals surface area contributed by atoms with Crippen LogP contribution in [0.1, 0.15) is 40.8 Å². The van der Waals surface area contributed by atoms with Crippen LogP contribution in [-0.4, -0.2) is 9.55 Å². The van der Waals surface area contributed by atoms with Crippen molar-refractivity contribution in [2.24, 2.45) is 0 Å². The van der Waals surface area contributed by atoms with Crippen molar-refractivity contribution in [3.63, 3.8) is 0 Å². The average molecular weight is 713 g/mol. The Morgan fingerprint density at radius 3 is 1.86 bits per heavy atom. The van der Waals surface area contributed by atoms with Crippen molar-refractivity contribution in [3.8, 4) is 50.3 Å². The average Bonchev–Trinajstić information content (AvgIpc) is 3.77. The first kappa shape index (κ1) is 31.3. The van der Waals surface area contributed by atoms with Gasteiger partial charge in [-0.1, -0.05) is 164 Å². The van der Waals surface area contributed by atoms with Gasteiger partial charge in [0, 0.05) is 16.3 Å². The second kappa shape index (κ2) is 12.0. The molecule has 0 N–H and O–H groups in total. The maximum atomic E-state index is 5.15. The molecule has 0 unspecified atom stereocenters. The Morgan fingerprint density at radius 1 is 0.446 bits per heavy atom. The minimum Gasteiger partial charge on any atom is -0.309 e. The minimum atomic E-state index is -0.466. The summed E-state index contributed by atoms with van der Waals surface area (Å²) in [4.78, 5) is 5.15. The summed E-state index contributed by atoms with van der Waals surface area (Å²) < 4.78 is 2.53. The summed E-state index contributed by atoms with van der Waals surface area (Å²) in [5, 5.41) is 2.59. The van der Waals surface area contributed by atoms with Gasteiger partial charge in [0.2, 0.25) is 0 Å². The normalized spacial score (nSPS) is 14.5. The third-order valence-corrected chi connectivity index (χ3v) is 12.4. The molecule has 0 atom stereocenters. The highest BCUT2D eigenvalue weighted by molar-refractivity contribution is 6.13. The van der Waals surface area contributed by atoms with E-state index >= 15 is 0 Å². The Morgan fingerprint density at radius 2 is 1.09 bits per heavy atom. The van der Waals surface area contributed by atoms with Crippen LogP contribution in [0.2, 0.25) is 0 Å². The first-order chi connectivity index (χ1) is 27.8. The van der Waals surface area contributed by atoms with Gasteiger partial charge in [-0.3, -0.25) is 0 Å². The molecule has 7 aromatic carbocycles. The molecule has 0 radical (unpaired) electrons. The van der Waals surface area contributed by atoms with Crippen LogP contribution in [0.15, 0.2) is 194 Å². The van der Waals surface area contributed by atoms with E-state index in [9.17, 15) is 0 Å². The van der Waals surface area contributed by atoms with Gasteiger partial charge in [0.15, 0.2) is 0 Å². The lowest BCUT2D eigenvalue weighted by atomic mass is 9.65. The van der Waals surface area contributed by atoms with Crippen LogP contribution in [-0.2, 0) is 5.41 Å². The van der Waals surface area contributed by atoms with Gasteiger partial charge in [-0.15, -0.1) is 0 Å². The highest BCUT2D eigenvalue weighted by atomic mass is 15.0. The number of hydrogen-bond acceptors (Lipinski definition) is 1. The molecule has 0 bridgehead atoms. The van der Waals surface area contributed by atoms with E-state index in [1.807, 2.05) is 0 Å². The number of fused-ring (bicyclic) bond motifs is 12. The van der Waals surface area contributed by atoms with Crippen LogP contribution >= 0.6 is 0 Å². The number of rotatable bonds is 4. The number of allylic oxidation sites excluding steroid dienone is 4. The van der Waals surface area contributed by atoms with Crippen molar-refractivity contribution in [1.29, 1.82) is 0 Å². The fourth-order valence-electron chi connectivity index (χ4n) is 10.0. The van der Waals surface area contributed by atoms with Crippen LogP contribution < -0.4 is 0 Å². The molecule has 0 saturated heterocycles. The molecule has 2 nitrogen and oxygen atoms in total. The SMILES string of the molecule is C1=CC(c2cc(-c3ccc(-c4ccc5c(c4)C4(c6ccccc6-c6ccccc64)c4cccc6c7ccccc7n-5c46)cc3)cc(-c3ccccc3)n2)=CCC1. The maximum absolute atomic E-state index is 5.15. The van der Waals surface area contributed by atoms with E-state index in [1.165, 1.54) is 88.7 Å². The molecule has 12 rings (SSSR count). The Kier molecular flexibility index (Phi) is 6.71. The molecule has 9 aromatic rings. The Hall–Kier alpha value is -7.03. The van der Waals surface area contributed by atoms with Gasteiger partial charge in [-0.05, 0) is 104 Å². The van der Waals surface area contributed by atoms with E-state index in [-0.39, 0.29) is 0 Å². The van der Waals surface area contributed by atoms with Crippen LogP contribution in [0.4, 0.5) is 0 Å². The summed E-state index contributed by atoms with van der Waals surface area (Å²) in [5.74, 6) is 0. The topological polar surface area (TPSA) is 17.8 Å². The second-order valence-corrected chi connectivity index (χ2v) is 15.3. The Labute approximate surface area is 326 Å². The first-order valence-corrected chi connectivity index (χ1v) is 19.7. The summed E-state index contributed by atoms with van der Waals surface area (Å²) >= 11 is 0. The molecule has 3 aliphatic rings. The molecule has 2 aliphatic carbocycles. The first-order valence-electron chi connectivity index (χ1n) is 19.7. The van der Waals surface area contributed by atoms with Crippen molar-refractivity contribution >= 4 is 27.4 Å². The van der Waals surface area contributed by atoms with Gasteiger partial charge in [0.1, 0.15) is 0 Å². The van der Waals surface area contributed by atoms with E-state index in [1.54, 1.807) is 0 Å². The van der Waals surface area contributed by atoms with Crippen molar-refractivity contribution in [2.45, 2.75) is 18.3 Å². The summed E-state index contributed by atoms with van der Waals surface area (Å²) in [6, 6.07) is 65.3. The zero-order valence-corrected chi connectivity index (χ0v) is 30.8. The van der Waals surface area contributed by atoms with Crippen molar-refractivity contribution < 1.29 is 0 Å². The number of pyridine rings is 1. The van der Waals surface area contributed by atoms with Gasteiger partial charge >= 0.3 is 0 Å². The van der Waals surface area contributed by atoms with Crippen molar-refractivity contribution in [1.82, 2.24) is 9.55 Å². The molecule has 2 heteroatoms.